The molecule has 68 valence electrons. The van der Waals surface area contributed by atoms with E-state index < -0.39 is 0 Å². The van der Waals surface area contributed by atoms with Gasteiger partial charge in [0.15, 0.2) is 0 Å². The summed E-state index contributed by atoms with van der Waals surface area (Å²) in [6, 6.07) is 0.519. The van der Waals surface area contributed by atoms with E-state index in [1.54, 1.807) is 0 Å². The zero-order chi connectivity index (χ0) is 8.39. The zero-order valence-electron chi connectivity index (χ0n) is 7.71. The second-order valence-corrected chi connectivity index (χ2v) is 4.40. The van der Waals surface area contributed by atoms with Crippen molar-refractivity contribution >= 4 is 0 Å². The Morgan fingerprint density at radius 3 is 2.50 bits per heavy atom. The molecule has 1 fully saturated rings. The molecule has 2 N–H and O–H groups in total. The Balaban J connectivity index is 1.78. The van der Waals surface area contributed by atoms with Crippen molar-refractivity contribution in [2.75, 3.05) is 0 Å². The van der Waals surface area contributed by atoms with Crippen LogP contribution in [-0.2, 0) is 0 Å². The van der Waals surface area contributed by atoms with Crippen LogP contribution >= 0.6 is 0 Å². The van der Waals surface area contributed by atoms with Crippen LogP contribution in [-0.4, -0.2) is 6.04 Å². The average molecular weight is 165 g/mol. The van der Waals surface area contributed by atoms with Crippen LogP contribution in [0.3, 0.4) is 0 Å². The number of allylic oxidation sites excluding steroid dienone is 2. The van der Waals surface area contributed by atoms with Gasteiger partial charge in [0, 0.05) is 6.04 Å². The topological polar surface area (TPSA) is 26.0 Å². The van der Waals surface area contributed by atoms with Crippen molar-refractivity contribution < 1.29 is 0 Å². The van der Waals surface area contributed by atoms with E-state index in [4.69, 9.17) is 5.73 Å². The van der Waals surface area contributed by atoms with Crippen LogP contribution in [0.4, 0.5) is 0 Å². The predicted octanol–water partition coefficient (Wildman–Crippen LogP) is 2.47. The average Bonchev–Trinajstić information content (AvgIpc) is 2.65. The molecule has 0 bridgehead atoms. The SMILES string of the molecule is NC1CCCC1CC1CC=CC1. The van der Waals surface area contributed by atoms with Crippen LogP contribution < -0.4 is 5.73 Å². The highest BCUT2D eigenvalue weighted by Crippen LogP contribution is 2.33. The molecular weight excluding hydrogens is 146 g/mol. The molecule has 0 saturated heterocycles. The van der Waals surface area contributed by atoms with Crippen LogP contribution in [0.25, 0.3) is 0 Å². The maximum Gasteiger partial charge on any atom is 0.00672 e. The lowest BCUT2D eigenvalue weighted by Crippen LogP contribution is -2.25. The molecule has 0 radical (unpaired) electrons. The molecule has 0 aromatic carbocycles. The van der Waals surface area contributed by atoms with Gasteiger partial charge in [0.2, 0.25) is 0 Å². The second-order valence-electron chi connectivity index (χ2n) is 4.40. The smallest absolute Gasteiger partial charge is 0.00672 e. The fraction of sp³-hybridized carbons (Fsp3) is 0.818. The first-order valence-corrected chi connectivity index (χ1v) is 5.27. The summed E-state index contributed by atoms with van der Waals surface area (Å²) in [6.45, 7) is 0. The Labute approximate surface area is 75.0 Å². The van der Waals surface area contributed by atoms with Crippen LogP contribution in [0.1, 0.15) is 38.5 Å². The van der Waals surface area contributed by atoms with Crippen molar-refractivity contribution in [3.8, 4) is 0 Å². The molecule has 0 heterocycles. The van der Waals surface area contributed by atoms with Crippen LogP contribution in [0.15, 0.2) is 12.2 Å². The van der Waals surface area contributed by atoms with Crippen molar-refractivity contribution in [2.24, 2.45) is 17.6 Å². The third kappa shape index (κ3) is 1.71. The zero-order valence-corrected chi connectivity index (χ0v) is 7.71. The highest BCUT2D eigenvalue weighted by Gasteiger charge is 2.26. The van der Waals surface area contributed by atoms with Gasteiger partial charge >= 0.3 is 0 Å². The molecule has 1 saturated carbocycles. The largest absolute Gasteiger partial charge is 0.327 e. The highest BCUT2D eigenvalue weighted by molar-refractivity contribution is 4.96. The van der Waals surface area contributed by atoms with E-state index in [1.807, 2.05) is 0 Å². The summed E-state index contributed by atoms with van der Waals surface area (Å²) in [6.07, 6.45) is 12.7. The molecule has 2 unspecified atom stereocenters. The maximum atomic E-state index is 6.04. The van der Waals surface area contributed by atoms with Gasteiger partial charge in [0.1, 0.15) is 0 Å². The van der Waals surface area contributed by atoms with Crippen molar-refractivity contribution in [3.63, 3.8) is 0 Å². The van der Waals surface area contributed by atoms with E-state index >= 15 is 0 Å². The number of hydrogen-bond acceptors (Lipinski definition) is 1. The Kier molecular flexibility index (Phi) is 2.50. The molecule has 12 heavy (non-hydrogen) atoms. The molecule has 2 rings (SSSR count). The third-order valence-electron chi connectivity index (χ3n) is 3.46. The van der Waals surface area contributed by atoms with Crippen molar-refractivity contribution in [1.82, 2.24) is 0 Å². The molecule has 0 aromatic heterocycles. The van der Waals surface area contributed by atoms with Crippen molar-refractivity contribution in [2.45, 2.75) is 44.6 Å². The van der Waals surface area contributed by atoms with Gasteiger partial charge in [-0.3, -0.25) is 0 Å². The Morgan fingerprint density at radius 2 is 1.92 bits per heavy atom. The molecule has 0 aliphatic heterocycles. The quantitative estimate of drug-likeness (QED) is 0.625. The molecule has 2 atom stereocenters. The summed E-state index contributed by atoms with van der Waals surface area (Å²) in [4.78, 5) is 0. The molecule has 0 aromatic rings. The first-order chi connectivity index (χ1) is 5.86. The standard InChI is InChI=1S/C11H19N/c12-11-7-3-6-10(11)8-9-4-1-2-5-9/h1-2,9-11H,3-8,12H2. The van der Waals surface area contributed by atoms with Gasteiger partial charge in [-0.25, -0.2) is 0 Å². The van der Waals surface area contributed by atoms with Gasteiger partial charge in [-0.15, -0.1) is 0 Å². The minimum absolute atomic E-state index is 0.519. The van der Waals surface area contributed by atoms with Gasteiger partial charge in [-0.1, -0.05) is 18.6 Å². The lowest BCUT2D eigenvalue weighted by Gasteiger charge is -2.19. The summed E-state index contributed by atoms with van der Waals surface area (Å²) in [5, 5.41) is 0. The first-order valence-electron chi connectivity index (χ1n) is 5.27. The summed E-state index contributed by atoms with van der Waals surface area (Å²) >= 11 is 0. The lowest BCUT2D eigenvalue weighted by atomic mass is 9.90. The Bertz CT molecular complexity index is 166. The summed E-state index contributed by atoms with van der Waals surface area (Å²) in [5.41, 5.74) is 6.04. The molecule has 2 aliphatic rings. The molecular formula is C11H19N. The monoisotopic (exact) mass is 165 g/mol. The van der Waals surface area contributed by atoms with E-state index in [1.165, 1.54) is 38.5 Å². The molecule has 1 nitrogen and oxygen atoms in total. The summed E-state index contributed by atoms with van der Waals surface area (Å²) < 4.78 is 0. The number of rotatable bonds is 2. The normalized spacial score (nSPS) is 36.4. The van der Waals surface area contributed by atoms with E-state index in [-0.39, 0.29) is 0 Å². The summed E-state index contributed by atoms with van der Waals surface area (Å²) in [7, 11) is 0. The molecule has 1 heteroatoms. The number of hydrogen-bond donors (Lipinski definition) is 1. The first kappa shape index (κ1) is 8.31. The maximum absolute atomic E-state index is 6.04. The van der Waals surface area contributed by atoms with Crippen LogP contribution in [0.5, 0.6) is 0 Å². The molecule has 0 amide bonds. The van der Waals surface area contributed by atoms with Gasteiger partial charge < -0.3 is 5.73 Å². The number of nitrogens with two attached hydrogens (primary N) is 1. The lowest BCUT2D eigenvalue weighted by molar-refractivity contribution is 0.361. The third-order valence-corrected chi connectivity index (χ3v) is 3.46. The van der Waals surface area contributed by atoms with E-state index in [0.29, 0.717) is 6.04 Å². The van der Waals surface area contributed by atoms with Crippen molar-refractivity contribution in [1.29, 1.82) is 0 Å². The highest BCUT2D eigenvalue weighted by atomic mass is 14.7. The van der Waals surface area contributed by atoms with Crippen LogP contribution in [0, 0.1) is 11.8 Å². The van der Waals surface area contributed by atoms with Crippen LogP contribution in [0.2, 0.25) is 0 Å². The molecule has 0 spiro atoms. The van der Waals surface area contributed by atoms with Crippen molar-refractivity contribution in [3.05, 3.63) is 12.2 Å². The van der Waals surface area contributed by atoms with E-state index in [2.05, 4.69) is 12.2 Å². The Morgan fingerprint density at radius 1 is 1.17 bits per heavy atom. The van der Waals surface area contributed by atoms with Gasteiger partial charge in [0.25, 0.3) is 0 Å². The fourth-order valence-corrected chi connectivity index (χ4v) is 2.65. The summed E-state index contributed by atoms with van der Waals surface area (Å²) in [5.74, 6) is 1.77. The molecule has 2 aliphatic carbocycles. The van der Waals surface area contributed by atoms with E-state index in [9.17, 15) is 0 Å². The fourth-order valence-electron chi connectivity index (χ4n) is 2.65. The Hall–Kier alpha value is -0.300. The van der Waals surface area contributed by atoms with Gasteiger partial charge in [-0.2, -0.15) is 0 Å². The van der Waals surface area contributed by atoms with E-state index in [0.717, 1.165) is 11.8 Å². The van der Waals surface area contributed by atoms with Gasteiger partial charge in [-0.05, 0) is 43.9 Å². The minimum Gasteiger partial charge on any atom is -0.327 e. The second kappa shape index (κ2) is 3.61. The minimum atomic E-state index is 0.519. The van der Waals surface area contributed by atoms with Gasteiger partial charge in [0.05, 0.1) is 0 Å². The predicted molar refractivity (Wildman–Crippen MR) is 51.8 cm³/mol.